The lowest BCUT2D eigenvalue weighted by Crippen LogP contribution is -2.34. The van der Waals surface area contributed by atoms with E-state index in [1.165, 1.54) is 16.7 Å². The molecule has 0 fully saturated rings. The number of nitrogens with two attached hydrogens (primary N) is 1. The van der Waals surface area contributed by atoms with Crippen LogP contribution < -0.4 is 11.1 Å². The molecule has 0 bridgehead atoms. The minimum atomic E-state index is -0.659. The van der Waals surface area contributed by atoms with Gasteiger partial charge in [0.05, 0.1) is 6.61 Å². The molecule has 0 aromatic heterocycles. The monoisotopic (exact) mass is 374 g/mol. The summed E-state index contributed by atoms with van der Waals surface area (Å²) in [6.07, 6.45) is 0.439. The molecule has 4 nitrogen and oxygen atoms in total. The van der Waals surface area contributed by atoms with Crippen molar-refractivity contribution in [2.45, 2.75) is 25.9 Å². The molecule has 3 N–H and O–H groups in total. The summed E-state index contributed by atoms with van der Waals surface area (Å²) in [6.45, 7) is 2.81. The molecule has 144 valence electrons. The highest BCUT2D eigenvalue weighted by molar-refractivity contribution is 5.76. The molecule has 0 unspecified atom stereocenters. The lowest BCUT2D eigenvalue weighted by atomic mass is 10.0. The van der Waals surface area contributed by atoms with Gasteiger partial charge >= 0.3 is 5.97 Å². The van der Waals surface area contributed by atoms with E-state index >= 15 is 0 Å². The largest absolute Gasteiger partial charge is 0.465 e. The molecule has 3 aromatic carbocycles. The molecule has 0 heterocycles. The van der Waals surface area contributed by atoms with Crippen molar-refractivity contribution < 1.29 is 9.53 Å². The Morgan fingerprint density at radius 1 is 0.929 bits per heavy atom. The van der Waals surface area contributed by atoms with Gasteiger partial charge in [0, 0.05) is 18.7 Å². The maximum Gasteiger partial charge on any atom is 0.323 e. The molecule has 0 amide bonds. The Morgan fingerprint density at radius 2 is 1.57 bits per heavy atom. The smallest absolute Gasteiger partial charge is 0.323 e. The molecule has 0 aliphatic rings. The number of hydrogen-bond acceptors (Lipinski definition) is 4. The standard InChI is InChI=1S/C24H26N2O2/c1-2-28-24(27)22(25)16-21-10-6-7-11-23(21)26-17-18-12-14-20(15-13-18)19-8-4-3-5-9-19/h3-15,22,26H,2,16-17,25H2,1H3/t22-/m0/s1. The first-order chi connectivity index (χ1) is 13.7. The van der Waals surface area contributed by atoms with Gasteiger partial charge in [0.15, 0.2) is 0 Å². The van der Waals surface area contributed by atoms with Crippen molar-refractivity contribution in [2.24, 2.45) is 5.73 Å². The molecule has 0 saturated heterocycles. The summed E-state index contributed by atoms with van der Waals surface area (Å²) < 4.78 is 5.01. The maximum atomic E-state index is 11.8. The maximum absolute atomic E-state index is 11.8. The van der Waals surface area contributed by atoms with Crippen LogP contribution in [0.5, 0.6) is 0 Å². The number of benzene rings is 3. The van der Waals surface area contributed by atoms with Crippen LogP contribution in [-0.4, -0.2) is 18.6 Å². The molecule has 4 heteroatoms. The van der Waals surface area contributed by atoms with Crippen molar-refractivity contribution in [1.29, 1.82) is 0 Å². The minimum absolute atomic E-state index is 0.339. The number of esters is 1. The Balaban J connectivity index is 1.64. The number of carbonyl (C=O) groups is 1. The molecule has 0 aliphatic carbocycles. The van der Waals surface area contributed by atoms with Crippen molar-refractivity contribution >= 4 is 11.7 Å². The van der Waals surface area contributed by atoms with Gasteiger partial charge in [0.2, 0.25) is 0 Å². The number of para-hydroxylation sites is 1. The second-order valence-corrected chi connectivity index (χ2v) is 6.64. The van der Waals surface area contributed by atoms with Crippen molar-refractivity contribution in [3.8, 4) is 11.1 Å². The van der Waals surface area contributed by atoms with Crippen LogP contribution >= 0.6 is 0 Å². The fraction of sp³-hybridized carbons (Fsp3) is 0.208. The van der Waals surface area contributed by atoms with Crippen molar-refractivity contribution in [3.63, 3.8) is 0 Å². The van der Waals surface area contributed by atoms with Crippen LogP contribution in [0.4, 0.5) is 5.69 Å². The molecule has 28 heavy (non-hydrogen) atoms. The van der Waals surface area contributed by atoms with Crippen molar-refractivity contribution in [3.05, 3.63) is 90.0 Å². The number of hydrogen-bond donors (Lipinski definition) is 2. The summed E-state index contributed by atoms with van der Waals surface area (Å²) in [5, 5.41) is 3.46. The van der Waals surface area contributed by atoms with E-state index in [-0.39, 0.29) is 5.97 Å². The number of ether oxygens (including phenoxy) is 1. The molecule has 3 rings (SSSR count). The quantitative estimate of drug-likeness (QED) is 0.574. The highest BCUT2D eigenvalue weighted by Crippen LogP contribution is 2.21. The van der Waals surface area contributed by atoms with Crippen LogP contribution in [0.1, 0.15) is 18.1 Å². The third kappa shape index (κ3) is 5.21. The first-order valence-electron chi connectivity index (χ1n) is 9.55. The normalized spacial score (nSPS) is 11.6. The summed E-state index contributed by atoms with van der Waals surface area (Å²) in [5.41, 5.74) is 11.6. The summed E-state index contributed by atoms with van der Waals surface area (Å²) in [7, 11) is 0. The van der Waals surface area contributed by atoms with Gasteiger partial charge in [0.1, 0.15) is 6.04 Å². The lowest BCUT2D eigenvalue weighted by Gasteiger charge is -2.15. The van der Waals surface area contributed by atoms with Crippen molar-refractivity contribution in [1.82, 2.24) is 0 Å². The Hall–Kier alpha value is -3.11. The van der Waals surface area contributed by atoms with E-state index in [0.717, 1.165) is 11.3 Å². The summed E-state index contributed by atoms with van der Waals surface area (Å²) in [6, 6.07) is 26.1. The van der Waals surface area contributed by atoms with Crippen LogP contribution in [0.3, 0.4) is 0 Å². The fourth-order valence-electron chi connectivity index (χ4n) is 3.08. The first kappa shape index (κ1) is 19.6. The Labute approximate surface area is 166 Å². The Bertz CT molecular complexity index is 892. The molecule has 0 radical (unpaired) electrons. The second kappa shape index (κ2) is 9.72. The minimum Gasteiger partial charge on any atom is -0.465 e. The molecule has 0 aliphatic heterocycles. The zero-order valence-electron chi connectivity index (χ0n) is 16.1. The van der Waals surface area contributed by atoms with E-state index in [1.54, 1.807) is 6.92 Å². The number of anilines is 1. The predicted octanol–water partition coefficient (Wildman–Crippen LogP) is 4.40. The SMILES string of the molecule is CCOC(=O)[C@@H](N)Cc1ccccc1NCc1ccc(-c2ccccc2)cc1. The van der Waals surface area contributed by atoms with Gasteiger partial charge in [-0.1, -0.05) is 72.8 Å². The highest BCUT2D eigenvalue weighted by atomic mass is 16.5. The Morgan fingerprint density at radius 3 is 2.29 bits per heavy atom. The van der Waals surface area contributed by atoms with E-state index in [1.807, 2.05) is 42.5 Å². The van der Waals surface area contributed by atoms with Crippen LogP contribution in [-0.2, 0) is 22.5 Å². The molecule has 0 spiro atoms. The summed E-state index contributed by atoms with van der Waals surface area (Å²) in [5.74, 6) is -0.367. The van der Waals surface area contributed by atoms with E-state index in [2.05, 4.69) is 41.7 Å². The fourth-order valence-corrected chi connectivity index (χ4v) is 3.08. The topological polar surface area (TPSA) is 64.3 Å². The van der Waals surface area contributed by atoms with E-state index in [9.17, 15) is 4.79 Å². The van der Waals surface area contributed by atoms with Crippen LogP contribution in [0.2, 0.25) is 0 Å². The third-order valence-electron chi connectivity index (χ3n) is 4.59. The number of carbonyl (C=O) groups excluding carboxylic acids is 1. The van der Waals surface area contributed by atoms with Crippen LogP contribution in [0.25, 0.3) is 11.1 Å². The van der Waals surface area contributed by atoms with Crippen molar-refractivity contribution in [2.75, 3.05) is 11.9 Å². The zero-order valence-corrected chi connectivity index (χ0v) is 16.1. The average molecular weight is 374 g/mol. The summed E-state index contributed by atoms with van der Waals surface area (Å²) in [4.78, 5) is 11.8. The van der Waals surface area contributed by atoms with Gasteiger partial charge < -0.3 is 15.8 Å². The average Bonchev–Trinajstić information content (AvgIpc) is 2.74. The molecular formula is C24H26N2O2. The van der Waals surface area contributed by atoms with Gasteiger partial charge in [-0.3, -0.25) is 4.79 Å². The van der Waals surface area contributed by atoms with Gasteiger partial charge in [-0.2, -0.15) is 0 Å². The van der Waals surface area contributed by atoms with Gasteiger partial charge in [0.25, 0.3) is 0 Å². The van der Waals surface area contributed by atoms with Gasteiger partial charge in [-0.05, 0) is 35.2 Å². The molecular weight excluding hydrogens is 348 g/mol. The van der Waals surface area contributed by atoms with Crippen LogP contribution in [0.15, 0.2) is 78.9 Å². The predicted molar refractivity (Wildman–Crippen MR) is 114 cm³/mol. The molecule has 0 saturated carbocycles. The third-order valence-corrected chi connectivity index (χ3v) is 4.59. The van der Waals surface area contributed by atoms with E-state index in [4.69, 9.17) is 10.5 Å². The summed E-state index contributed by atoms with van der Waals surface area (Å²) >= 11 is 0. The number of nitrogens with one attached hydrogen (secondary N) is 1. The van der Waals surface area contributed by atoms with E-state index < -0.39 is 6.04 Å². The second-order valence-electron chi connectivity index (χ2n) is 6.64. The van der Waals surface area contributed by atoms with Gasteiger partial charge in [-0.15, -0.1) is 0 Å². The zero-order chi connectivity index (χ0) is 19.8. The lowest BCUT2D eigenvalue weighted by molar-refractivity contribution is -0.144. The van der Waals surface area contributed by atoms with Gasteiger partial charge in [-0.25, -0.2) is 0 Å². The molecule has 1 atom stereocenters. The van der Waals surface area contributed by atoms with Crippen LogP contribution in [0, 0.1) is 0 Å². The first-order valence-corrected chi connectivity index (χ1v) is 9.55. The van der Waals surface area contributed by atoms with E-state index in [0.29, 0.717) is 19.6 Å². The highest BCUT2D eigenvalue weighted by Gasteiger charge is 2.16. The Kier molecular flexibility index (Phi) is 6.82. The number of rotatable bonds is 8. The molecule has 3 aromatic rings.